The average molecular weight is 283 g/mol. The van der Waals surface area contributed by atoms with Gasteiger partial charge in [-0.1, -0.05) is 0 Å². The number of ether oxygens (including phenoxy) is 1. The molecule has 1 aromatic heterocycles. The zero-order chi connectivity index (χ0) is 14.5. The molecule has 2 amide bonds. The van der Waals surface area contributed by atoms with Gasteiger partial charge in [0.2, 0.25) is 0 Å². The summed E-state index contributed by atoms with van der Waals surface area (Å²) in [6, 6.07) is -1.12. The fourth-order valence-electron chi connectivity index (χ4n) is 2.05. The number of morpholine rings is 1. The largest absolute Gasteiger partial charge is 0.481 e. The Hall–Kier alpha value is -2.16. The molecule has 0 saturated carbocycles. The van der Waals surface area contributed by atoms with Crippen molar-refractivity contribution in [3.05, 3.63) is 12.2 Å². The molecule has 2 atom stereocenters. The van der Waals surface area contributed by atoms with Gasteiger partial charge in [-0.25, -0.2) is 9.78 Å². The van der Waals surface area contributed by atoms with Crippen molar-refractivity contribution in [3.63, 3.8) is 0 Å². The third-order valence-electron chi connectivity index (χ3n) is 3.08. The summed E-state index contributed by atoms with van der Waals surface area (Å²) in [5.74, 6) is -0.414. The van der Waals surface area contributed by atoms with Gasteiger partial charge in [0.05, 0.1) is 31.7 Å². The number of hydrogen-bond donors (Lipinski definition) is 3. The predicted octanol–water partition coefficient (Wildman–Crippen LogP) is -0.249. The second-order valence-electron chi connectivity index (χ2n) is 4.56. The maximum Gasteiger partial charge on any atom is 0.318 e. The van der Waals surface area contributed by atoms with E-state index in [0.29, 0.717) is 19.0 Å². The standard InChI is InChI=1S/C11H17N5O4/c1-7(10-12-6-13-15-10)14-11(19)16-2-3-20-5-8(16)4-9(17)18/h6-8H,2-5H2,1H3,(H,14,19)(H,17,18)(H,12,13,15). The van der Waals surface area contributed by atoms with Crippen molar-refractivity contribution < 1.29 is 19.4 Å². The second kappa shape index (κ2) is 6.33. The monoisotopic (exact) mass is 283 g/mol. The Morgan fingerprint density at radius 3 is 3.15 bits per heavy atom. The molecule has 0 aromatic carbocycles. The van der Waals surface area contributed by atoms with E-state index in [1.807, 2.05) is 0 Å². The third kappa shape index (κ3) is 3.44. The summed E-state index contributed by atoms with van der Waals surface area (Å²) in [6.45, 7) is 2.77. The number of rotatable bonds is 4. The van der Waals surface area contributed by atoms with E-state index in [1.165, 1.54) is 11.2 Å². The fraction of sp³-hybridized carbons (Fsp3) is 0.636. The van der Waals surface area contributed by atoms with E-state index >= 15 is 0 Å². The molecule has 1 aliphatic rings. The SMILES string of the molecule is CC(NC(=O)N1CCOCC1CC(=O)O)c1ncn[nH]1. The number of hydrogen-bond acceptors (Lipinski definition) is 5. The van der Waals surface area contributed by atoms with E-state index < -0.39 is 12.0 Å². The minimum absolute atomic E-state index is 0.135. The predicted molar refractivity (Wildman–Crippen MR) is 66.9 cm³/mol. The van der Waals surface area contributed by atoms with Crippen LogP contribution in [0.3, 0.4) is 0 Å². The summed E-state index contributed by atoms with van der Waals surface area (Å²) in [4.78, 5) is 28.5. The van der Waals surface area contributed by atoms with Crippen molar-refractivity contribution >= 4 is 12.0 Å². The molecule has 9 nitrogen and oxygen atoms in total. The Morgan fingerprint density at radius 1 is 1.70 bits per heavy atom. The van der Waals surface area contributed by atoms with E-state index in [4.69, 9.17) is 9.84 Å². The lowest BCUT2D eigenvalue weighted by atomic mass is 10.1. The van der Waals surface area contributed by atoms with Crippen LogP contribution < -0.4 is 5.32 Å². The topological polar surface area (TPSA) is 120 Å². The molecule has 20 heavy (non-hydrogen) atoms. The van der Waals surface area contributed by atoms with Gasteiger partial charge in [0.25, 0.3) is 0 Å². The Bertz CT molecular complexity index is 463. The summed E-state index contributed by atoms with van der Waals surface area (Å²) in [6.07, 6.45) is 1.23. The molecule has 3 N–H and O–H groups in total. The Balaban J connectivity index is 1.97. The highest BCUT2D eigenvalue weighted by atomic mass is 16.5. The van der Waals surface area contributed by atoms with Gasteiger partial charge >= 0.3 is 12.0 Å². The number of carboxylic acid groups (broad SMARTS) is 1. The number of aromatic amines is 1. The van der Waals surface area contributed by atoms with Crippen LogP contribution in [0.25, 0.3) is 0 Å². The van der Waals surface area contributed by atoms with Crippen molar-refractivity contribution in [3.8, 4) is 0 Å². The van der Waals surface area contributed by atoms with Gasteiger partial charge in [-0.2, -0.15) is 5.10 Å². The molecule has 9 heteroatoms. The lowest BCUT2D eigenvalue weighted by molar-refractivity contribution is -0.139. The van der Waals surface area contributed by atoms with Gasteiger partial charge in [-0.05, 0) is 6.92 Å². The van der Waals surface area contributed by atoms with Crippen LogP contribution in [0, 0.1) is 0 Å². The van der Waals surface area contributed by atoms with Crippen molar-refractivity contribution in [2.24, 2.45) is 0 Å². The lowest BCUT2D eigenvalue weighted by Crippen LogP contribution is -2.53. The van der Waals surface area contributed by atoms with Crippen LogP contribution in [0.4, 0.5) is 4.79 Å². The molecule has 2 heterocycles. The highest BCUT2D eigenvalue weighted by Crippen LogP contribution is 2.13. The van der Waals surface area contributed by atoms with Gasteiger partial charge in [-0.3, -0.25) is 9.89 Å². The first-order chi connectivity index (χ1) is 9.58. The van der Waals surface area contributed by atoms with Crippen molar-refractivity contribution in [1.82, 2.24) is 25.4 Å². The molecule has 0 spiro atoms. The van der Waals surface area contributed by atoms with Crippen LogP contribution >= 0.6 is 0 Å². The Morgan fingerprint density at radius 2 is 2.50 bits per heavy atom. The number of carbonyl (C=O) groups is 2. The smallest absolute Gasteiger partial charge is 0.318 e. The van der Waals surface area contributed by atoms with Crippen LogP contribution in [-0.2, 0) is 9.53 Å². The normalized spacial score (nSPS) is 20.4. The van der Waals surface area contributed by atoms with Crippen molar-refractivity contribution in [1.29, 1.82) is 0 Å². The van der Waals surface area contributed by atoms with Gasteiger partial charge in [0, 0.05) is 6.54 Å². The first kappa shape index (κ1) is 14.3. The van der Waals surface area contributed by atoms with E-state index in [0.717, 1.165) is 0 Å². The molecule has 0 aliphatic carbocycles. The molecular weight excluding hydrogens is 266 g/mol. The van der Waals surface area contributed by atoms with Gasteiger partial charge in [-0.15, -0.1) is 0 Å². The first-order valence-electron chi connectivity index (χ1n) is 6.30. The zero-order valence-electron chi connectivity index (χ0n) is 11.1. The number of aliphatic carboxylic acids is 1. The van der Waals surface area contributed by atoms with E-state index in [9.17, 15) is 9.59 Å². The van der Waals surface area contributed by atoms with Gasteiger partial charge < -0.3 is 20.1 Å². The number of amides is 2. The van der Waals surface area contributed by atoms with Crippen LogP contribution in [-0.4, -0.2) is 63.0 Å². The minimum Gasteiger partial charge on any atom is -0.481 e. The Kier molecular flexibility index (Phi) is 4.51. The number of urea groups is 1. The molecule has 2 unspecified atom stereocenters. The summed E-state index contributed by atoms with van der Waals surface area (Å²) in [5, 5.41) is 18.0. The van der Waals surface area contributed by atoms with Crippen molar-refractivity contribution in [2.45, 2.75) is 25.4 Å². The van der Waals surface area contributed by atoms with E-state index in [2.05, 4.69) is 20.5 Å². The molecule has 0 bridgehead atoms. The number of carboxylic acids is 1. The summed E-state index contributed by atoms with van der Waals surface area (Å²) in [5.41, 5.74) is 0. The molecule has 1 fully saturated rings. The quantitative estimate of drug-likeness (QED) is 0.700. The van der Waals surface area contributed by atoms with Crippen LogP contribution in [0.5, 0.6) is 0 Å². The minimum atomic E-state index is -0.957. The fourth-order valence-corrected chi connectivity index (χ4v) is 2.05. The maximum absolute atomic E-state index is 12.2. The maximum atomic E-state index is 12.2. The average Bonchev–Trinajstić information content (AvgIpc) is 2.92. The third-order valence-corrected chi connectivity index (χ3v) is 3.08. The molecule has 110 valence electrons. The van der Waals surface area contributed by atoms with Gasteiger partial charge in [0.15, 0.2) is 0 Å². The van der Waals surface area contributed by atoms with Crippen LogP contribution in [0.1, 0.15) is 25.2 Å². The highest BCUT2D eigenvalue weighted by Gasteiger charge is 2.30. The van der Waals surface area contributed by atoms with Crippen LogP contribution in [0.15, 0.2) is 6.33 Å². The van der Waals surface area contributed by atoms with Crippen molar-refractivity contribution in [2.75, 3.05) is 19.8 Å². The number of aromatic nitrogens is 3. The highest BCUT2D eigenvalue weighted by molar-refractivity contribution is 5.76. The molecule has 1 aliphatic heterocycles. The molecule has 1 saturated heterocycles. The molecule has 0 radical (unpaired) electrons. The molecule has 2 rings (SSSR count). The zero-order valence-corrected chi connectivity index (χ0v) is 11.1. The summed E-state index contributed by atoms with van der Waals surface area (Å²) >= 11 is 0. The van der Waals surface area contributed by atoms with E-state index in [-0.39, 0.29) is 25.1 Å². The number of nitrogens with one attached hydrogen (secondary N) is 2. The molecule has 1 aromatic rings. The summed E-state index contributed by atoms with van der Waals surface area (Å²) in [7, 11) is 0. The first-order valence-corrected chi connectivity index (χ1v) is 6.30. The lowest BCUT2D eigenvalue weighted by Gasteiger charge is -2.35. The Labute approximate surface area is 115 Å². The summed E-state index contributed by atoms with van der Waals surface area (Å²) < 4.78 is 5.23. The number of carbonyl (C=O) groups excluding carboxylic acids is 1. The molecular formula is C11H17N5O4. The van der Waals surface area contributed by atoms with E-state index in [1.54, 1.807) is 6.92 Å². The number of nitrogens with zero attached hydrogens (tertiary/aromatic N) is 3. The van der Waals surface area contributed by atoms with Crippen LogP contribution in [0.2, 0.25) is 0 Å². The second-order valence-corrected chi connectivity index (χ2v) is 4.56. The number of H-pyrrole nitrogens is 1. The van der Waals surface area contributed by atoms with Gasteiger partial charge in [0.1, 0.15) is 12.2 Å².